The summed E-state index contributed by atoms with van der Waals surface area (Å²) in [5.41, 5.74) is 5.21. The normalized spacial score (nSPS) is 11.4. The molecule has 152 valence electrons. The van der Waals surface area contributed by atoms with Crippen LogP contribution in [0.5, 0.6) is 0 Å². The van der Waals surface area contributed by atoms with Crippen LogP contribution in [0.25, 0.3) is 5.69 Å². The third-order valence-corrected chi connectivity index (χ3v) is 4.88. The van der Waals surface area contributed by atoms with Gasteiger partial charge in [-0.25, -0.2) is 4.79 Å². The van der Waals surface area contributed by atoms with Crippen LogP contribution in [-0.4, -0.2) is 22.5 Å². The van der Waals surface area contributed by atoms with Crippen molar-refractivity contribution >= 4 is 17.6 Å². The van der Waals surface area contributed by atoms with E-state index >= 15 is 0 Å². The molecule has 1 amide bonds. The fourth-order valence-electron chi connectivity index (χ4n) is 3.21. The van der Waals surface area contributed by atoms with Crippen molar-refractivity contribution in [3.8, 4) is 11.8 Å². The van der Waals surface area contributed by atoms with Gasteiger partial charge in [-0.1, -0.05) is 17.7 Å². The summed E-state index contributed by atoms with van der Waals surface area (Å²) in [6, 6.07) is 18.3. The lowest BCUT2D eigenvalue weighted by Gasteiger charge is -2.14. The number of hydrogen-bond donors (Lipinski definition) is 1. The molecule has 6 nitrogen and oxygen atoms in total. The van der Waals surface area contributed by atoms with Gasteiger partial charge < -0.3 is 14.6 Å². The first-order valence-corrected chi connectivity index (χ1v) is 9.58. The molecular formula is C24H23N3O3. The molecule has 3 rings (SSSR count). The number of esters is 1. The van der Waals surface area contributed by atoms with Crippen LogP contribution in [0.15, 0.2) is 54.6 Å². The first kappa shape index (κ1) is 20.9. The molecule has 0 aliphatic heterocycles. The molecule has 0 radical (unpaired) electrons. The number of nitriles is 1. The van der Waals surface area contributed by atoms with Gasteiger partial charge in [-0.15, -0.1) is 0 Å². The Hall–Kier alpha value is -3.85. The van der Waals surface area contributed by atoms with Crippen molar-refractivity contribution in [2.45, 2.75) is 33.8 Å². The third-order valence-electron chi connectivity index (χ3n) is 4.88. The Kier molecular flexibility index (Phi) is 6.03. The lowest BCUT2D eigenvalue weighted by atomic mass is 10.2. The number of nitrogens with zero attached hydrogens (tertiary/aromatic N) is 2. The zero-order valence-electron chi connectivity index (χ0n) is 17.4. The van der Waals surface area contributed by atoms with E-state index < -0.39 is 18.0 Å². The average molecular weight is 401 g/mol. The van der Waals surface area contributed by atoms with E-state index in [1.807, 2.05) is 55.7 Å². The minimum atomic E-state index is -0.976. The summed E-state index contributed by atoms with van der Waals surface area (Å²) in [6.45, 7) is 7.32. The maximum absolute atomic E-state index is 12.7. The van der Waals surface area contributed by atoms with E-state index in [0.717, 1.165) is 22.6 Å². The second-order valence-electron chi connectivity index (χ2n) is 7.18. The van der Waals surface area contributed by atoms with Crippen LogP contribution in [0.3, 0.4) is 0 Å². The molecule has 30 heavy (non-hydrogen) atoms. The van der Waals surface area contributed by atoms with Gasteiger partial charge in [0.1, 0.15) is 0 Å². The van der Waals surface area contributed by atoms with Crippen LogP contribution in [0.4, 0.5) is 5.69 Å². The third kappa shape index (κ3) is 4.41. The van der Waals surface area contributed by atoms with Gasteiger partial charge in [0.05, 0.1) is 17.2 Å². The van der Waals surface area contributed by atoms with Gasteiger partial charge in [0, 0.05) is 22.8 Å². The molecule has 0 unspecified atom stereocenters. The van der Waals surface area contributed by atoms with Crippen molar-refractivity contribution in [3.63, 3.8) is 0 Å². The van der Waals surface area contributed by atoms with E-state index in [-0.39, 0.29) is 0 Å². The van der Waals surface area contributed by atoms with Gasteiger partial charge in [0.15, 0.2) is 6.10 Å². The van der Waals surface area contributed by atoms with Gasteiger partial charge in [0.2, 0.25) is 0 Å². The summed E-state index contributed by atoms with van der Waals surface area (Å²) in [5.74, 6) is -0.996. The van der Waals surface area contributed by atoms with E-state index in [2.05, 4.69) is 5.32 Å². The summed E-state index contributed by atoms with van der Waals surface area (Å²) in [6.07, 6.45) is -0.976. The van der Waals surface area contributed by atoms with Crippen molar-refractivity contribution < 1.29 is 14.3 Å². The van der Waals surface area contributed by atoms with Gasteiger partial charge in [-0.3, -0.25) is 4.79 Å². The molecule has 2 aromatic carbocycles. The van der Waals surface area contributed by atoms with Gasteiger partial charge >= 0.3 is 5.97 Å². The molecule has 1 heterocycles. The molecule has 1 N–H and O–H groups in total. The van der Waals surface area contributed by atoms with Crippen molar-refractivity contribution in [1.29, 1.82) is 5.26 Å². The van der Waals surface area contributed by atoms with Crippen LogP contribution < -0.4 is 5.32 Å². The number of hydrogen-bond acceptors (Lipinski definition) is 4. The predicted octanol–water partition coefficient (Wildman–Crippen LogP) is 4.46. The quantitative estimate of drug-likeness (QED) is 0.640. The number of benzene rings is 2. The number of amides is 1. The Morgan fingerprint density at radius 2 is 1.67 bits per heavy atom. The Morgan fingerprint density at radius 1 is 1.03 bits per heavy atom. The first-order valence-electron chi connectivity index (χ1n) is 9.58. The second-order valence-corrected chi connectivity index (χ2v) is 7.18. The highest BCUT2D eigenvalue weighted by molar-refractivity contribution is 5.98. The fraction of sp³-hybridized carbons (Fsp3) is 0.208. The van der Waals surface area contributed by atoms with Gasteiger partial charge in [-0.2, -0.15) is 5.26 Å². The number of anilines is 1. The maximum atomic E-state index is 12.7. The molecule has 1 atom stereocenters. The van der Waals surface area contributed by atoms with Crippen molar-refractivity contribution in [3.05, 3.63) is 82.7 Å². The lowest BCUT2D eigenvalue weighted by molar-refractivity contribution is -0.123. The Bertz CT molecular complexity index is 1120. The van der Waals surface area contributed by atoms with Crippen LogP contribution >= 0.6 is 0 Å². The van der Waals surface area contributed by atoms with E-state index in [9.17, 15) is 9.59 Å². The van der Waals surface area contributed by atoms with Gasteiger partial charge in [0.25, 0.3) is 5.91 Å². The standard InChI is InChI=1S/C24H23N3O3/c1-15-5-11-21(12-6-15)27-16(2)13-22(17(27)3)24(29)30-18(4)23(28)26-20-9-7-19(14-25)8-10-20/h5-13,18H,1-4H3,(H,26,28)/t18-/m1/s1. The van der Waals surface area contributed by atoms with Crippen LogP contribution in [0, 0.1) is 32.1 Å². The number of rotatable bonds is 5. The molecule has 0 saturated heterocycles. The van der Waals surface area contributed by atoms with Crippen LogP contribution in [0.1, 0.15) is 39.8 Å². The minimum absolute atomic E-state index is 0.422. The van der Waals surface area contributed by atoms with Crippen molar-refractivity contribution in [2.75, 3.05) is 5.32 Å². The molecular weight excluding hydrogens is 378 g/mol. The number of aromatic nitrogens is 1. The lowest BCUT2D eigenvalue weighted by Crippen LogP contribution is -2.30. The molecule has 0 saturated carbocycles. The fourth-order valence-corrected chi connectivity index (χ4v) is 3.21. The topological polar surface area (TPSA) is 84.1 Å². The molecule has 0 bridgehead atoms. The molecule has 6 heteroatoms. The summed E-state index contributed by atoms with van der Waals surface area (Å²) in [4.78, 5) is 25.1. The zero-order valence-corrected chi connectivity index (χ0v) is 17.4. The van der Waals surface area contributed by atoms with E-state index in [1.54, 1.807) is 30.3 Å². The molecule has 1 aromatic heterocycles. The Morgan fingerprint density at radius 3 is 2.27 bits per heavy atom. The highest BCUT2D eigenvalue weighted by Crippen LogP contribution is 2.22. The summed E-state index contributed by atoms with van der Waals surface area (Å²) in [5, 5.41) is 11.5. The highest BCUT2D eigenvalue weighted by atomic mass is 16.5. The Labute approximate surface area is 175 Å². The molecule has 0 aliphatic carbocycles. The molecule has 0 spiro atoms. The van der Waals surface area contributed by atoms with E-state index in [4.69, 9.17) is 10.00 Å². The number of carbonyl (C=O) groups is 2. The molecule has 0 aliphatic rings. The summed E-state index contributed by atoms with van der Waals surface area (Å²) >= 11 is 0. The monoisotopic (exact) mass is 401 g/mol. The SMILES string of the molecule is Cc1ccc(-n2c(C)cc(C(=O)O[C@H](C)C(=O)Nc3ccc(C#N)cc3)c2C)cc1. The zero-order chi connectivity index (χ0) is 21.8. The largest absolute Gasteiger partial charge is 0.449 e. The highest BCUT2D eigenvalue weighted by Gasteiger charge is 2.23. The van der Waals surface area contributed by atoms with Crippen LogP contribution in [-0.2, 0) is 9.53 Å². The molecule has 0 fully saturated rings. The number of carbonyl (C=O) groups excluding carboxylic acids is 2. The van der Waals surface area contributed by atoms with Crippen LogP contribution in [0.2, 0.25) is 0 Å². The predicted molar refractivity (Wildman–Crippen MR) is 115 cm³/mol. The van der Waals surface area contributed by atoms with E-state index in [1.165, 1.54) is 6.92 Å². The maximum Gasteiger partial charge on any atom is 0.340 e. The van der Waals surface area contributed by atoms with Gasteiger partial charge in [-0.05, 0) is 70.2 Å². The Balaban J connectivity index is 1.72. The number of ether oxygens (including phenoxy) is 1. The number of aryl methyl sites for hydroxylation is 2. The first-order chi connectivity index (χ1) is 14.3. The van der Waals surface area contributed by atoms with Crippen molar-refractivity contribution in [1.82, 2.24) is 4.57 Å². The van der Waals surface area contributed by atoms with Crippen molar-refractivity contribution in [2.24, 2.45) is 0 Å². The molecule has 3 aromatic rings. The van der Waals surface area contributed by atoms with E-state index in [0.29, 0.717) is 16.8 Å². The average Bonchev–Trinajstić information content (AvgIpc) is 3.03. The minimum Gasteiger partial charge on any atom is -0.449 e. The second kappa shape index (κ2) is 8.66. The number of nitrogens with one attached hydrogen (secondary N) is 1. The summed E-state index contributed by atoms with van der Waals surface area (Å²) < 4.78 is 7.39. The summed E-state index contributed by atoms with van der Waals surface area (Å²) in [7, 11) is 0. The smallest absolute Gasteiger partial charge is 0.340 e.